The molecule has 1 aliphatic rings. The largest absolute Gasteiger partial charge is 0.333 e. The van der Waals surface area contributed by atoms with E-state index in [1.54, 1.807) is 11.3 Å². The van der Waals surface area contributed by atoms with Gasteiger partial charge in [-0.25, -0.2) is 4.79 Å². The van der Waals surface area contributed by atoms with Crippen molar-refractivity contribution in [3.8, 4) is 0 Å². The molecule has 3 amide bonds. The number of thiophene rings is 1. The lowest BCUT2D eigenvalue weighted by Gasteiger charge is -2.29. The van der Waals surface area contributed by atoms with Crippen molar-refractivity contribution in [3.63, 3.8) is 0 Å². The van der Waals surface area contributed by atoms with Gasteiger partial charge in [-0.2, -0.15) is 0 Å². The molecular weight excluding hydrogens is 322 g/mol. The summed E-state index contributed by atoms with van der Waals surface area (Å²) in [5, 5.41) is 7.70. The summed E-state index contributed by atoms with van der Waals surface area (Å²) in [6, 6.07) is 9.48. The molecule has 0 fully saturated rings. The third-order valence-electron chi connectivity index (χ3n) is 3.99. The Labute approximate surface area is 145 Å². The molecule has 1 aromatic carbocycles. The molecule has 0 saturated carbocycles. The molecular formula is C18H21N3O2S. The molecule has 3 rings (SSSR count). The highest BCUT2D eigenvalue weighted by Crippen LogP contribution is 2.30. The van der Waals surface area contributed by atoms with Crippen LogP contribution in [-0.4, -0.2) is 18.5 Å². The number of aryl methyl sites for hydroxylation is 1. The number of fused-ring (bicyclic) bond motifs is 1. The molecule has 2 heterocycles. The minimum absolute atomic E-state index is 0.179. The van der Waals surface area contributed by atoms with E-state index >= 15 is 0 Å². The molecule has 2 aromatic rings. The van der Waals surface area contributed by atoms with Crippen LogP contribution in [0.1, 0.15) is 30.2 Å². The van der Waals surface area contributed by atoms with E-state index in [4.69, 9.17) is 0 Å². The first kappa shape index (κ1) is 16.5. The monoisotopic (exact) mass is 343 g/mol. The van der Waals surface area contributed by atoms with Crippen LogP contribution in [0, 0.1) is 0 Å². The zero-order valence-corrected chi connectivity index (χ0v) is 14.5. The third kappa shape index (κ3) is 3.76. The molecule has 1 aromatic heterocycles. The van der Waals surface area contributed by atoms with E-state index in [0.29, 0.717) is 13.0 Å². The molecule has 0 bridgehead atoms. The fraction of sp³-hybridized carbons (Fsp3) is 0.333. The normalized spacial score (nSPS) is 13.5. The number of urea groups is 1. The lowest BCUT2D eigenvalue weighted by molar-refractivity contribution is -0.118. The van der Waals surface area contributed by atoms with Gasteiger partial charge >= 0.3 is 6.03 Å². The minimum atomic E-state index is -0.222. The van der Waals surface area contributed by atoms with E-state index in [9.17, 15) is 9.59 Å². The van der Waals surface area contributed by atoms with E-state index in [0.717, 1.165) is 41.2 Å². The number of anilines is 2. The zero-order valence-electron chi connectivity index (χ0n) is 13.7. The summed E-state index contributed by atoms with van der Waals surface area (Å²) in [5.74, 6) is 0.179. The van der Waals surface area contributed by atoms with Crippen molar-refractivity contribution < 1.29 is 9.59 Å². The molecule has 5 nitrogen and oxygen atoms in total. The Balaban J connectivity index is 1.65. The van der Waals surface area contributed by atoms with Crippen LogP contribution in [0.3, 0.4) is 0 Å². The predicted molar refractivity (Wildman–Crippen MR) is 97.6 cm³/mol. The Morgan fingerprint density at radius 2 is 2.17 bits per heavy atom. The smallest absolute Gasteiger partial charge is 0.319 e. The second-order valence-corrected chi connectivity index (χ2v) is 6.81. The third-order valence-corrected chi connectivity index (χ3v) is 4.86. The van der Waals surface area contributed by atoms with Gasteiger partial charge in [-0.15, -0.1) is 11.3 Å². The summed E-state index contributed by atoms with van der Waals surface area (Å²) >= 11 is 1.61. The van der Waals surface area contributed by atoms with E-state index in [1.165, 1.54) is 0 Å². The van der Waals surface area contributed by atoms with Gasteiger partial charge in [0, 0.05) is 29.2 Å². The summed E-state index contributed by atoms with van der Waals surface area (Å²) in [6.45, 7) is 3.32. The molecule has 1 aliphatic heterocycles. The SMILES string of the molecule is CCCN1C(=O)CCc2cc(NC(=O)NCc3cccs3)ccc21. The van der Waals surface area contributed by atoms with E-state index < -0.39 is 0 Å². The molecule has 0 radical (unpaired) electrons. The van der Waals surface area contributed by atoms with Crippen LogP contribution in [0.25, 0.3) is 0 Å². The van der Waals surface area contributed by atoms with Gasteiger partial charge in [-0.05, 0) is 48.1 Å². The number of nitrogens with one attached hydrogen (secondary N) is 2. The number of amides is 3. The van der Waals surface area contributed by atoms with E-state index in [2.05, 4.69) is 17.6 Å². The molecule has 0 atom stereocenters. The first-order valence-corrected chi connectivity index (χ1v) is 9.06. The first-order chi connectivity index (χ1) is 11.7. The summed E-state index contributed by atoms with van der Waals surface area (Å²) in [6.07, 6.45) is 2.18. The summed E-state index contributed by atoms with van der Waals surface area (Å²) in [5.41, 5.74) is 2.83. The minimum Gasteiger partial charge on any atom is -0.333 e. The van der Waals surface area contributed by atoms with Gasteiger partial charge in [-0.3, -0.25) is 4.79 Å². The summed E-state index contributed by atoms with van der Waals surface area (Å²) < 4.78 is 0. The van der Waals surface area contributed by atoms with E-state index in [1.807, 2.05) is 40.6 Å². The van der Waals surface area contributed by atoms with Crippen LogP contribution >= 0.6 is 11.3 Å². The number of hydrogen-bond acceptors (Lipinski definition) is 3. The lowest BCUT2D eigenvalue weighted by Crippen LogP contribution is -2.35. The standard InChI is InChI=1S/C18H21N3O2S/c1-2-9-21-16-7-6-14(11-13(16)5-8-17(21)22)20-18(23)19-12-15-4-3-10-24-15/h3-4,6-7,10-11H,2,5,8-9,12H2,1H3,(H2,19,20,23). The molecule has 24 heavy (non-hydrogen) atoms. The van der Waals surface area contributed by atoms with Crippen LogP contribution in [0.15, 0.2) is 35.7 Å². The van der Waals surface area contributed by atoms with E-state index in [-0.39, 0.29) is 11.9 Å². The molecule has 6 heteroatoms. The van der Waals surface area contributed by atoms with Gasteiger partial charge in [0.25, 0.3) is 0 Å². The van der Waals surface area contributed by atoms with Crippen molar-refractivity contribution in [1.82, 2.24) is 5.32 Å². The molecule has 0 unspecified atom stereocenters. The number of benzene rings is 1. The van der Waals surface area contributed by atoms with Crippen molar-refractivity contribution in [2.24, 2.45) is 0 Å². The van der Waals surface area contributed by atoms with Crippen LogP contribution in [0.4, 0.5) is 16.2 Å². The Kier molecular flexibility index (Phi) is 5.15. The van der Waals surface area contributed by atoms with Gasteiger partial charge in [0.15, 0.2) is 0 Å². The van der Waals surface area contributed by atoms with Gasteiger partial charge < -0.3 is 15.5 Å². The summed E-state index contributed by atoms with van der Waals surface area (Å²) in [4.78, 5) is 27.0. The second kappa shape index (κ2) is 7.49. The quantitative estimate of drug-likeness (QED) is 0.868. The second-order valence-electron chi connectivity index (χ2n) is 5.78. The maximum Gasteiger partial charge on any atom is 0.319 e. The van der Waals surface area contributed by atoms with Crippen LogP contribution < -0.4 is 15.5 Å². The highest BCUT2D eigenvalue weighted by Gasteiger charge is 2.23. The molecule has 0 aliphatic carbocycles. The Morgan fingerprint density at radius 1 is 1.29 bits per heavy atom. The number of nitrogens with zero attached hydrogens (tertiary/aromatic N) is 1. The average Bonchev–Trinajstić information content (AvgIpc) is 3.09. The van der Waals surface area contributed by atoms with Crippen molar-refractivity contribution in [3.05, 3.63) is 46.2 Å². The van der Waals surface area contributed by atoms with Crippen molar-refractivity contribution in [1.29, 1.82) is 0 Å². The van der Waals surface area contributed by atoms with Crippen molar-refractivity contribution >= 4 is 34.6 Å². The molecule has 0 spiro atoms. The van der Waals surface area contributed by atoms with Gasteiger partial charge in [0.05, 0.1) is 6.54 Å². The highest BCUT2D eigenvalue weighted by molar-refractivity contribution is 7.09. The number of rotatable bonds is 5. The molecule has 2 N–H and O–H groups in total. The predicted octanol–water partition coefficient (Wildman–Crippen LogP) is 3.76. The maximum absolute atomic E-state index is 12.1. The maximum atomic E-state index is 12.1. The fourth-order valence-corrected chi connectivity index (χ4v) is 3.51. The summed E-state index contributed by atoms with van der Waals surface area (Å²) in [7, 11) is 0. The Bertz CT molecular complexity index is 728. The topological polar surface area (TPSA) is 61.4 Å². The van der Waals surface area contributed by atoms with Crippen LogP contribution in [-0.2, 0) is 17.8 Å². The average molecular weight is 343 g/mol. The van der Waals surface area contributed by atoms with Crippen molar-refractivity contribution in [2.45, 2.75) is 32.7 Å². The molecule has 126 valence electrons. The van der Waals surface area contributed by atoms with Gasteiger partial charge in [0.2, 0.25) is 5.91 Å². The molecule has 0 saturated heterocycles. The number of hydrogen-bond donors (Lipinski definition) is 2. The number of carbonyl (C=O) groups excluding carboxylic acids is 2. The van der Waals surface area contributed by atoms with Crippen LogP contribution in [0.5, 0.6) is 0 Å². The van der Waals surface area contributed by atoms with Gasteiger partial charge in [-0.1, -0.05) is 13.0 Å². The first-order valence-electron chi connectivity index (χ1n) is 8.18. The van der Waals surface area contributed by atoms with Crippen molar-refractivity contribution in [2.75, 3.05) is 16.8 Å². The lowest BCUT2D eigenvalue weighted by atomic mass is 10.00. The number of carbonyl (C=O) groups is 2. The Morgan fingerprint density at radius 3 is 2.92 bits per heavy atom. The van der Waals surface area contributed by atoms with Gasteiger partial charge in [0.1, 0.15) is 0 Å². The highest BCUT2D eigenvalue weighted by atomic mass is 32.1. The zero-order chi connectivity index (χ0) is 16.9. The fourth-order valence-electron chi connectivity index (χ4n) is 2.86. The van der Waals surface area contributed by atoms with Crippen LogP contribution in [0.2, 0.25) is 0 Å². The Hall–Kier alpha value is -2.34.